The Kier molecular flexibility index (Phi) is 5.01. The lowest BCUT2D eigenvalue weighted by molar-refractivity contribution is -0.165. The van der Waals surface area contributed by atoms with Gasteiger partial charge in [-0.3, -0.25) is 15.0 Å². The Hall–Kier alpha value is -1.24. The molecule has 0 radical (unpaired) electrons. The van der Waals surface area contributed by atoms with Gasteiger partial charge in [-0.2, -0.15) is 0 Å². The van der Waals surface area contributed by atoms with Crippen LogP contribution >= 0.6 is 11.8 Å². The molecule has 0 saturated carbocycles. The molecular weight excluding hydrogens is 256 g/mol. The van der Waals surface area contributed by atoms with Crippen LogP contribution in [0.1, 0.15) is 26.7 Å². The SMILES string of the molecule is CCOC(=O)[C@@]1(CC)C[C@H](CSC(=N)N)OC1=O. The number of carbonyl (C=O) groups is 2. The van der Waals surface area contributed by atoms with Crippen molar-refractivity contribution in [1.29, 1.82) is 5.41 Å². The van der Waals surface area contributed by atoms with Gasteiger partial charge in [0.1, 0.15) is 6.10 Å². The second kappa shape index (κ2) is 6.08. The predicted molar refractivity (Wildman–Crippen MR) is 68.2 cm³/mol. The molecule has 0 unspecified atom stereocenters. The molecule has 0 spiro atoms. The van der Waals surface area contributed by atoms with Gasteiger partial charge in [0.25, 0.3) is 0 Å². The lowest BCUT2D eigenvalue weighted by atomic mass is 9.82. The first kappa shape index (κ1) is 14.8. The van der Waals surface area contributed by atoms with Gasteiger partial charge in [-0.05, 0) is 13.3 Å². The van der Waals surface area contributed by atoms with Gasteiger partial charge >= 0.3 is 11.9 Å². The van der Waals surface area contributed by atoms with Gasteiger partial charge in [0.05, 0.1) is 6.61 Å². The van der Waals surface area contributed by atoms with E-state index in [1.807, 2.05) is 0 Å². The zero-order chi connectivity index (χ0) is 13.8. The van der Waals surface area contributed by atoms with Crippen LogP contribution in [0.15, 0.2) is 0 Å². The summed E-state index contributed by atoms with van der Waals surface area (Å²) in [5.41, 5.74) is 4.04. The van der Waals surface area contributed by atoms with Crippen LogP contribution in [0.4, 0.5) is 0 Å². The molecule has 1 aliphatic rings. The van der Waals surface area contributed by atoms with Crippen molar-refractivity contribution < 1.29 is 19.1 Å². The standard InChI is InChI=1S/C11H18N2O4S/c1-3-11(8(14)16-4-2)5-7(17-9(11)15)6-18-10(12)13/h7H,3-6H2,1-2H3,(H3,12,13)/t7-,11-/m1/s1. The summed E-state index contributed by atoms with van der Waals surface area (Å²) in [7, 11) is 0. The molecule has 18 heavy (non-hydrogen) atoms. The van der Waals surface area contributed by atoms with Crippen molar-refractivity contribution in [2.24, 2.45) is 11.1 Å². The summed E-state index contributed by atoms with van der Waals surface area (Å²) in [5.74, 6) is -0.659. The number of rotatable bonds is 5. The maximum absolute atomic E-state index is 11.9. The van der Waals surface area contributed by atoms with Crippen LogP contribution in [0.5, 0.6) is 0 Å². The zero-order valence-corrected chi connectivity index (χ0v) is 11.3. The number of nitrogens with one attached hydrogen (secondary N) is 1. The van der Waals surface area contributed by atoms with E-state index in [1.165, 1.54) is 0 Å². The Balaban J connectivity index is 2.73. The number of hydrogen-bond donors (Lipinski definition) is 2. The molecule has 0 aromatic rings. The van der Waals surface area contributed by atoms with E-state index >= 15 is 0 Å². The Morgan fingerprint density at radius 3 is 2.83 bits per heavy atom. The van der Waals surface area contributed by atoms with Crippen molar-refractivity contribution in [1.82, 2.24) is 0 Å². The normalized spacial score (nSPS) is 26.8. The van der Waals surface area contributed by atoms with E-state index in [1.54, 1.807) is 13.8 Å². The van der Waals surface area contributed by atoms with E-state index in [-0.39, 0.29) is 11.8 Å². The number of hydrogen-bond acceptors (Lipinski definition) is 6. The maximum atomic E-state index is 11.9. The molecule has 1 aliphatic heterocycles. The molecule has 102 valence electrons. The molecule has 0 aromatic carbocycles. The predicted octanol–water partition coefficient (Wildman–Crippen LogP) is 0.888. The smallest absolute Gasteiger partial charge is 0.323 e. The minimum Gasteiger partial charge on any atom is -0.465 e. The van der Waals surface area contributed by atoms with Crippen LogP contribution in [-0.4, -0.2) is 35.6 Å². The Labute approximate surface area is 110 Å². The Morgan fingerprint density at radius 1 is 1.67 bits per heavy atom. The van der Waals surface area contributed by atoms with Crippen molar-refractivity contribution in [3.63, 3.8) is 0 Å². The monoisotopic (exact) mass is 274 g/mol. The number of esters is 2. The van der Waals surface area contributed by atoms with Crippen LogP contribution < -0.4 is 5.73 Å². The summed E-state index contributed by atoms with van der Waals surface area (Å²) < 4.78 is 10.1. The fourth-order valence-electron chi connectivity index (χ4n) is 1.92. The molecule has 1 fully saturated rings. The highest BCUT2D eigenvalue weighted by Gasteiger charge is 2.54. The first-order valence-electron chi connectivity index (χ1n) is 5.81. The molecule has 0 bridgehead atoms. The zero-order valence-electron chi connectivity index (χ0n) is 10.5. The number of nitrogens with two attached hydrogens (primary N) is 1. The molecule has 7 heteroatoms. The second-order valence-corrected chi connectivity index (χ2v) is 5.12. The summed E-state index contributed by atoms with van der Waals surface area (Å²) in [6.07, 6.45) is 0.253. The summed E-state index contributed by atoms with van der Waals surface area (Å²) in [6.45, 7) is 3.70. The van der Waals surface area contributed by atoms with Gasteiger partial charge in [0.15, 0.2) is 10.6 Å². The molecule has 1 rings (SSSR count). The minimum atomic E-state index is -1.18. The van der Waals surface area contributed by atoms with Crippen LogP contribution in [0, 0.1) is 10.8 Å². The molecule has 0 aromatic heterocycles. The van der Waals surface area contributed by atoms with Crippen molar-refractivity contribution in [2.45, 2.75) is 32.8 Å². The average Bonchev–Trinajstić information content (AvgIpc) is 2.64. The van der Waals surface area contributed by atoms with Crippen LogP contribution in [-0.2, 0) is 19.1 Å². The van der Waals surface area contributed by atoms with Gasteiger partial charge in [0, 0.05) is 12.2 Å². The topological polar surface area (TPSA) is 102 Å². The fraction of sp³-hybridized carbons (Fsp3) is 0.727. The highest BCUT2D eigenvalue weighted by molar-refractivity contribution is 8.13. The largest absolute Gasteiger partial charge is 0.465 e. The average molecular weight is 274 g/mol. The van der Waals surface area contributed by atoms with E-state index in [4.69, 9.17) is 20.6 Å². The van der Waals surface area contributed by atoms with Gasteiger partial charge in [-0.15, -0.1) is 0 Å². The second-order valence-electron chi connectivity index (χ2n) is 4.06. The van der Waals surface area contributed by atoms with Crippen molar-refractivity contribution in [3.05, 3.63) is 0 Å². The third-order valence-electron chi connectivity index (χ3n) is 2.94. The highest BCUT2D eigenvalue weighted by atomic mass is 32.2. The van der Waals surface area contributed by atoms with Gasteiger partial charge in [-0.1, -0.05) is 18.7 Å². The molecule has 3 N–H and O–H groups in total. The molecule has 1 saturated heterocycles. The minimum absolute atomic E-state index is 0.0313. The number of cyclic esters (lactones) is 1. The quantitative estimate of drug-likeness (QED) is 0.334. The highest BCUT2D eigenvalue weighted by Crippen LogP contribution is 2.39. The molecular formula is C11H18N2O4S. The number of ether oxygens (including phenoxy) is 2. The summed E-state index contributed by atoms with van der Waals surface area (Å²) in [6, 6.07) is 0. The van der Waals surface area contributed by atoms with E-state index < -0.39 is 23.5 Å². The van der Waals surface area contributed by atoms with Crippen LogP contribution in [0.25, 0.3) is 0 Å². The third kappa shape index (κ3) is 2.95. The van der Waals surface area contributed by atoms with Crippen molar-refractivity contribution in [2.75, 3.05) is 12.4 Å². The molecule has 2 atom stereocenters. The molecule has 0 amide bonds. The van der Waals surface area contributed by atoms with E-state index in [2.05, 4.69) is 0 Å². The van der Waals surface area contributed by atoms with Crippen LogP contribution in [0.2, 0.25) is 0 Å². The first-order valence-corrected chi connectivity index (χ1v) is 6.80. The first-order chi connectivity index (χ1) is 8.46. The van der Waals surface area contributed by atoms with Gasteiger partial charge < -0.3 is 15.2 Å². The fourth-order valence-corrected chi connectivity index (χ4v) is 2.47. The van der Waals surface area contributed by atoms with Crippen molar-refractivity contribution in [3.8, 4) is 0 Å². The number of thioether (sulfide) groups is 1. The van der Waals surface area contributed by atoms with Crippen molar-refractivity contribution >= 4 is 28.9 Å². The molecule has 1 heterocycles. The Morgan fingerprint density at radius 2 is 2.33 bits per heavy atom. The molecule has 0 aliphatic carbocycles. The summed E-state index contributed by atoms with van der Waals surface area (Å²) in [4.78, 5) is 23.8. The van der Waals surface area contributed by atoms with E-state index in [9.17, 15) is 9.59 Å². The maximum Gasteiger partial charge on any atom is 0.323 e. The summed E-state index contributed by atoms with van der Waals surface area (Å²) in [5, 5.41) is 7.08. The summed E-state index contributed by atoms with van der Waals surface area (Å²) >= 11 is 1.10. The van der Waals surface area contributed by atoms with Gasteiger partial charge in [-0.25, -0.2) is 0 Å². The number of carbonyl (C=O) groups excluding carboxylic acids is 2. The third-order valence-corrected chi connectivity index (χ3v) is 3.78. The Bertz CT molecular complexity index is 361. The van der Waals surface area contributed by atoms with E-state index in [0.29, 0.717) is 18.6 Å². The van der Waals surface area contributed by atoms with Gasteiger partial charge in [0.2, 0.25) is 0 Å². The van der Waals surface area contributed by atoms with E-state index in [0.717, 1.165) is 11.8 Å². The lowest BCUT2D eigenvalue weighted by Crippen LogP contribution is -2.36. The number of amidine groups is 1. The van der Waals surface area contributed by atoms with Crippen LogP contribution in [0.3, 0.4) is 0 Å². The lowest BCUT2D eigenvalue weighted by Gasteiger charge is -2.20. The molecule has 6 nitrogen and oxygen atoms in total.